The van der Waals surface area contributed by atoms with Crippen molar-refractivity contribution in [3.8, 4) is 5.75 Å². The summed E-state index contributed by atoms with van der Waals surface area (Å²) < 4.78 is 5.30. The molecule has 18 heavy (non-hydrogen) atoms. The van der Waals surface area contributed by atoms with Gasteiger partial charge in [-0.25, -0.2) is 0 Å². The second-order valence-corrected chi connectivity index (χ2v) is 4.84. The third kappa shape index (κ3) is 1.50. The molecular formula is C13H14N2O2S. The number of para-hydroxylation sites is 2. The van der Waals surface area contributed by atoms with Gasteiger partial charge in [0.25, 0.3) is 5.91 Å². The van der Waals surface area contributed by atoms with E-state index in [1.54, 1.807) is 12.0 Å². The van der Waals surface area contributed by atoms with Gasteiger partial charge in [-0.2, -0.15) is 0 Å². The quantitative estimate of drug-likeness (QED) is 0.761. The van der Waals surface area contributed by atoms with Crippen molar-refractivity contribution in [2.45, 2.75) is 18.9 Å². The molecule has 1 aromatic rings. The molecule has 2 fully saturated rings. The van der Waals surface area contributed by atoms with E-state index in [2.05, 4.69) is 0 Å². The maximum atomic E-state index is 12.4. The summed E-state index contributed by atoms with van der Waals surface area (Å²) in [5.74, 6) is 0.747. The number of carbonyl (C=O) groups is 1. The zero-order valence-corrected chi connectivity index (χ0v) is 10.9. The Labute approximate surface area is 111 Å². The van der Waals surface area contributed by atoms with Crippen molar-refractivity contribution in [2.24, 2.45) is 0 Å². The Kier molecular flexibility index (Phi) is 2.70. The number of thiocarbonyl (C=S) groups is 1. The Morgan fingerprint density at radius 2 is 2.17 bits per heavy atom. The van der Waals surface area contributed by atoms with Crippen LogP contribution >= 0.6 is 12.2 Å². The second kappa shape index (κ2) is 4.24. The van der Waals surface area contributed by atoms with E-state index in [-0.39, 0.29) is 11.9 Å². The molecule has 1 atom stereocenters. The smallest absolute Gasteiger partial charge is 0.256 e. The van der Waals surface area contributed by atoms with Crippen LogP contribution in [0, 0.1) is 0 Å². The first-order valence-electron chi connectivity index (χ1n) is 6.01. The number of hydrogen-bond donors (Lipinski definition) is 0. The van der Waals surface area contributed by atoms with Crippen LogP contribution in [0.4, 0.5) is 5.69 Å². The molecule has 4 nitrogen and oxygen atoms in total. The zero-order chi connectivity index (χ0) is 12.7. The van der Waals surface area contributed by atoms with Crippen LogP contribution in [0.5, 0.6) is 5.75 Å². The summed E-state index contributed by atoms with van der Waals surface area (Å²) >= 11 is 5.42. The Balaban J connectivity index is 2.02. The summed E-state index contributed by atoms with van der Waals surface area (Å²) in [7, 11) is 1.60. The molecule has 1 aromatic carbocycles. The number of fused-ring (bicyclic) bond motifs is 1. The van der Waals surface area contributed by atoms with Crippen LogP contribution in [0.25, 0.3) is 0 Å². The summed E-state index contributed by atoms with van der Waals surface area (Å²) in [6, 6.07) is 7.41. The van der Waals surface area contributed by atoms with Gasteiger partial charge in [-0.1, -0.05) is 12.1 Å². The molecule has 0 radical (unpaired) electrons. The third-order valence-corrected chi connectivity index (χ3v) is 3.94. The van der Waals surface area contributed by atoms with Gasteiger partial charge in [0.05, 0.1) is 12.8 Å². The van der Waals surface area contributed by atoms with E-state index in [1.807, 2.05) is 29.2 Å². The number of ether oxygens (including phenoxy) is 1. The van der Waals surface area contributed by atoms with Crippen molar-refractivity contribution in [3.05, 3.63) is 24.3 Å². The Morgan fingerprint density at radius 1 is 1.39 bits per heavy atom. The van der Waals surface area contributed by atoms with Gasteiger partial charge in [0.15, 0.2) is 5.11 Å². The second-order valence-electron chi connectivity index (χ2n) is 4.48. The first-order valence-corrected chi connectivity index (χ1v) is 6.42. The molecule has 2 aliphatic heterocycles. The van der Waals surface area contributed by atoms with Gasteiger partial charge in [0.2, 0.25) is 0 Å². The molecular weight excluding hydrogens is 248 g/mol. The summed E-state index contributed by atoms with van der Waals surface area (Å²) in [6.45, 7) is 0.876. The lowest BCUT2D eigenvalue weighted by Gasteiger charge is -2.20. The van der Waals surface area contributed by atoms with Crippen LogP contribution in [0.2, 0.25) is 0 Å². The molecule has 3 rings (SSSR count). The molecule has 0 N–H and O–H groups in total. The highest BCUT2D eigenvalue weighted by Crippen LogP contribution is 2.36. The monoisotopic (exact) mass is 262 g/mol. The Morgan fingerprint density at radius 3 is 2.89 bits per heavy atom. The van der Waals surface area contributed by atoms with E-state index in [9.17, 15) is 4.79 Å². The molecule has 0 saturated carbocycles. The maximum Gasteiger partial charge on any atom is 0.256 e. The van der Waals surface area contributed by atoms with Gasteiger partial charge in [-0.3, -0.25) is 9.69 Å². The Bertz CT molecular complexity index is 495. The minimum absolute atomic E-state index is 0.0672. The average Bonchev–Trinajstić information content (AvgIpc) is 2.95. The molecule has 1 unspecified atom stereocenters. The fraction of sp³-hybridized carbons (Fsp3) is 0.385. The number of rotatable bonds is 2. The highest BCUT2D eigenvalue weighted by Gasteiger charge is 2.46. The van der Waals surface area contributed by atoms with Crippen LogP contribution in [-0.2, 0) is 4.79 Å². The number of hydrogen-bond acceptors (Lipinski definition) is 3. The fourth-order valence-corrected chi connectivity index (χ4v) is 3.07. The predicted molar refractivity (Wildman–Crippen MR) is 72.8 cm³/mol. The highest BCUT2D eigenvalue weighted by molar-refractivity contribution is 7.80. The van der Waals surface area contributed by atoms with Crippen LogP contribution in [0.1, 0.15) is 12.8 Å². The summed E-state index contributed by atoms with van der Waals surface area (Å²) in [6.07, 6.45) is 1.93. The molecule has 0 bridgehead atoms. The average molecular weight is 262 g/mol. The van der Waals surface area contributed by atoms with Crippen molar-refractivity contribution >= 4 is 28.9 Å². The lowest BCUT2D eigenvalue weighted by Crippen LogP contribution is -2.33. The highest BCUT2D eigenvalue weighted by atomic mass is 32.1. The molecule has 94 valence electrons. The molecule has 2 aliphatic rings. The summed E-state index contributed by atoms with van der Waals surface area (Å²) in [5, 5.41) is 0.604. The van der Waals surface area contributed by atoms with E-state index in [4.69, 9.17) is 17.0 Å². The minimum Gasteiger partial charge on any atom is -0.495 e. The third-order valence-electron chi connectivity index (χ3n) is 3.52. The van der Waals surface area contributed by atoms with E-state index in [0.29, 0.717) is 10.9 Å². The number of benzene rings is 1. The van der Waals surface area contributed by atoms with Gasteiger partial charge < -0.3 is 9.64 Å². The van der Waals surface area contributed by atoms with Gasteiger partial charge in [0.1, 0.15) is 11.8 Å². The molecule has 0 aliphatic carbocycles. The Hall–Kier alpha value is -1.62. The minimum atomic E-state index is -0.0672. The van der Waals surface area contributed by atoms with E-state index in [1.165, 1.54) is 0 Å². The van der Waals surface area contributed by atoms with Crippen molar-refractivity contribution in [2.75, 3.05) is 18.6 Å². The van der Waals surface area contributed by atoms with Gasteiger partial charge in [-0.05, 0) is 37.2 Å². The molecule has 1 amide bonds. The van der Waals surface area contributed by atoms with E-state index in [0.717, 1.165) is 25.1 Å². The zero-order valence-electron chi connectivity index (χ0n) is 10.1. The van der Waals surface area contributed by atoms with E-state index < -0.39 is 0 Å². The van der Waals surface area contributed by atoms with Gasteiger partial charge >= 0.3 is 0 Å². The van der Waals surface area contributed by atoms with Crippen molar-refractivity contribution < 1.29 is 9.53 Å². The number of anilines is 1. The van der Waals surface area contributed by atoms with Crippen molar-refractivity contribution in [1.82, 2.24) is 4.90 Å². The normalized spacial score (nSPS) is 22.6. The summed E-state index contributed by atoms with van der Waals surface area (Å²) in [4.78, 5) is 16.0. The lowest BCUT2D eigenvalue weighted by molar-refractivity contribution is -0.119. The summed E-state index contributed by atoms with van der Waals surface area (Å²) in [5.41, 5.74) is 0.740. The molecule has 2 saturated heterocycles. The van der Waals surface area contributed by atoms with E-state index >= 15 is 0 Å². The molecule has 0 spiro atoms. The maximum absolute atomic E-state index is 12.4. The van der Waals surface area contributed by atoms with Crippen molar-refractivity contribution in [3.63, 3.8) is 0 Å². The molecule has 2 heterocycles. The first-order chi connectivity index (χ1) is 8.74. The largest absolute Gasteiger partial charge is 0.495 e. The molecule has 0 aromatic heterocycles. The van der Waals surface area contributed by atoms with Crippen molar-refractivity contribution in [1.29, 1.82) is 0 Å². The number of amides is 1. The fourth-order valence-electron chi connectivity index (χ4n) is 2.66. The van der Waals surface area contributed by atoms with Gasteiger partial charge in [0, 0.05) is 6.54 Å². The van der Waals surface area contributed by atoms with Crippen LogP contribution in [0.15, 0.2) is 24.3 Å². The van der Waals surface area contributed by atoms with Crippen LogP contribution in [-0.4, -0.2) is 35.6 Å². The van der Waals surface area contributed by atoms with Crippen LogP contribution < -0.4 is 9.64 Å². The van der Waals surface area contributed by atoms with Gasteiger partial charge in [-0.15, -0.1) is 0 Å². The van der Waals surface area contributed by atoms with Crippen LogP contribution in [0.3, 0.4) is 0 Å². The standard InChI is InChI=1S/C13H14N2O2S/c1-17-11-7-3-2-5-9(11)15-12(16)10-6-4-8-14(10)13(15)18/h2-3,5,7,10H,4,6,8H2,1H3. The SMILES string of the molecule is COc1ccccc1N1C(=O)C2CCCN2C1=S. The first kappa shape index (κ1) is 11.5. The lowest BCUT2D eigenvalue weighted by atomic mass is 10.2. The topological polar surface area (TPSA) is 32.8 Å². The number of methoxy groups -OCH3 is 1. The number of carbonyl (C=O) groups excluding carboxylic acids is 1. The molecule has 5 heteroatoms. The number of nitrogens with zero attached hydrogens (tertiary/aromatic N) is 2. The predicted octanol–water partition coefficient (Wildman–Crippen LogP) is 1.79.